The fraction of sp³-hybridized carbons (Fsp3) is 0.636. The predicted octanol–water partition coefficient (Wildman–Crippen LogP) is 4.87. The van der Waals surface area contributed by atoms with Crippen LogP contribution in [-0.2, 0) is 9.53 Å². The molecule has 4 nitrogen and oxygen atoms in total. The van der Waals surface area contributed by atoms with Crippen LogP contribution in [0.1, 0.15) is 75.5 Å². The lowest BCUT2D eigenvalue weighted by atomic mass is 9.82. The van der Waals surface area contributed by atoms with E-state index >= 15 is 0 Å². The Bertz CT molecular complexity index is 673. The summed E-state index contributed by atoms with van der Waals surface area (Å²) in [4.78, 5) is 12.8. The summed E-state index contributed by atoms with van der Waals surface area (Å²) in [6.07, 6.45) is 6.61. The van der Waals surface area contributed by atoms with Gasteiger partial charge in [0.2, 0.25) is 6.41 Å². The lowest BCUT2D eigenvalue weighted by molar-refractivity contribution is -0.134. The molecule has 1 aromatic rings. The van der Waals surface area contributed by atoms with Crippen molar-refractivity contribution >= 4 is 6.41 Å². The van der Waals surface area contributed by atoms with E-state index in [9.17, 15) is 9.18 Å². The van der Waals surface area contributed by atoms with Crippen molar-refractivity contribution in [3.8, 4) is 6.07 Å². The van der Waals surface area contributed by atoms with Gasteiger partial charge in [0.25, 0.3) is 0 Å². The van der Waals surface area contributed by atoms with Gasteiger partial charge in [-0.1, -0.05) is 37.1 Å². The van der Waals surface area contributed by atoms with E-state index in [1.54, 1.807) is 13.8 Å². The molecule has 1 saturated carbocycles. The zero-order valence-electron chi connectivity index (χ0n) is 16.2. The highest BCUT2D eigenvalue weighted by molar-refractivity contribution is 5.50. The molecule has 2 unspecified atom stereocenters. The monoisotopic (exact) mass is 372 g/mol. The maximum atomic E-state index is 13.6. The van der Waals surface area contributed by atoms with Gasteiger partial charge in [-0.2, -0.15) is 5.26 Å². The number of carbonyl (C=O) groups is 1. The number of benzene rings is 1. The van der Waals surface area contributed by atoms with E-state index in [0.717, 1.165) is 44.1 Å². The van der Waals surface area contributed by atoms with Crippen LogP contribution in [-0.4, -0.2) is 29.8 Å². The number of alkyl halides is 1. The minimum atomic E-state index is -0.807. The third-order valence-electron chi connectivity index (χ3n) is 6.14. The van der Waals surface area contributed by atoms with Crippen molar-refractivity contribution in [2.24, 2.45) is 5.92 Å². The van der Waals surface area contributed by atoms with Crippen LogP contribution >= 0.6 is 0 Å². The van der Waals surface area contributed by atoms with Crippen LogP contribution in [0.4, 0.5) is 4.39 Å². The molecular weight excluding hydrogens is 343 g/mol. The van der Waals surface area contributed by atoms with Crippen molar-refractivity contribution in [1.29, 1.82) is 5.26 Å². The maximum absolute atomic E-state index is 13.6. The van der Waals surface area contributed by atoms with Crippen molar-refractivity contribution in [3.63, 3.8) is 0 Å². The van der Waals surface area contributed by atoms with Gasteiger partial charge in [0.05, 0.1) is 12.1 Å². The first kappa shape index (κ1) is 19.8. The Balaban J connectivity index is 1.72. The first-order valence-corrected chi connectivity index (χ1v) is 9.97. The average Bonchev–Trinajstić information content (AvgIpc) is 2.91. The van der Waals surface area contributed by atoms with Crippen LogP contribution in [0, 0.1) is 17.2 Å². The zero-order valence-corrected chi connectivity index (χ0v) is 16.2. The third kappa shape index (κ3) is 4.16. The summed E-state index contributed by atoms with van der Waals surface area (Å²) in [5, 5.41) is 9.13. The van der Waals surface area contributed by atoms with Crippen LogP contribution in [0.15, 0.2) is 24.3 Å². The number of halogens is 1. The van der Waals surface area contributed by atoms with E-state index in [1.165, 1.54) is 10.5 Å². The number of ether oxygens (including phenoxy) is 1. The van der Waals surface area contributed by atoms with Gasteiger partial charge < -0.3 is 9.64 Å². The topological polar surface area (TPSA) is 53.3 Å². The molecule has 2 aliphatic rings. The quantitative estimate of drug-likeness (QED) is 0.709. The van der Waals surface area contributed by atoms with Gasteiger partial charge in [-0.3, -0.25) is 4.79 Å². The standard InChI is InChI=1S/C22H29FN2O2/c1-22(2)25(15-26)20(13-23)21(27-22)19-11-9-18(10-12-19)17-7-3-5-16(14-24)6-4-8-17/h9-12,15-17,20-21H,3-8,13H2,1-2H3. The van der Waals surface area contributed by atoms with Crippen molar-refractivity contribution in [2.45, 2.75) is 76.2 Å². The molecule has 27 heavy (non-hydrogen) atoms. The number of amides is 1. The molecule has 5 heteroatoms. The summed E-state index contributed by atoms with van der Waals surface area (Å²) in [6, 6.07) is 10.1. The molecule has 1 saturated heterocycles. The second kappa shape index (κ2) is 8.39. The molecular formula is C22H29FN2O2. The van der Waals surface area contributed by atoms with E-state index in [0.29, 0.717) is 12.3 Å². The van der Waals surface area contributed by atoms with E-state index in [-0.39, 0.29) is 5.92 Å². The number of nitrogens with zero attached hydrogens (tertiary/aromatic N) is 2. The van der Waals surface area contributed by atoms with E-state index in [4.69, 9.17) is 10.00 Å². The Hall–Kier alpha value is -1.93. The Morgan fingerprint density at radius 1 is 1.19 bits per heavy atom. The normalized spacial score (nSPS) is 31.0. The van der Waals surface area contributed by atoms with Gasteiger partial charge >= 0.3 is 0 Å². The molecule has 0 aromatic heterocycles. The van der Waals surface area contributed by atoms with Crippen LogP contribution in [0.2, 0.25) is 0 Å². The smallest absolute Gasteiger partial charge is 0.212 e. The van der Waals surface area contributed by atoms with Crippen LogP contribution in [0.3, 0.4) is 0 Å². The van der Waals surface area contributed by atoms with Gasteiger partial charge in [-0.25, -0.2) is 4.39 Å². The third-order valence-corrected chi connectivity index (χ3v) is 6.14. The fourth-order valence-electron chi connectivity index (χ4n) is 4.58. The molecule has 0 spiro atoms. The Labute approximate surface area is 161 Å². The van der Waals surface area contributed by atoms with E-state index in [2.05, 4.69) is 18.2 Å². The molecule has 1 heterocycles. The molecule has 1 aliphatic carbocycles. The van der Waals surface area contributed by atoms with Crippen molar-refractivity contribution in [2.75, 3.05) is 6.67 Å². The SMILES string of the molecule is CC1(C)OC(c2ccc(C3CCCC(C#N)CCC3)cc2)C(CF)N1C=O. The Morgan fingerprint density at radius 3 is 2.30 bits per heavy atom. The molecule has 1 aliphatic heterocycles. The molecule has 1 aromatic carbocycles. The molecule has 1 amide bonds. The van der Waals surface area contributed by atoms with Crippen LogP contribution in [0.5, 0.6) is 0 Å². The van der Waals surface area contributed by atoms with Crippen LogP contribution < -0.4 is 0 Å². The lowest BCUT2D eigenvalue weighted by Crippen LogP contribution is -2.43. The van der Waals surface area contributed by atoms with Gasteiger partial charge in [-0.05, 0) is 56.6 Å². The van der Waals surface area contributed by atoms with Crippen molar-refractivity contribution in [1.82, 2.24) is 4.90 Å². The zero-order chi connectivity index (χ0) is 19.4. The Morgan fingerprint density at radius 2 is 1.78 bits per heavy atom. The molecule has 0 N–H and O–H groups in total. The minimum absolute atomic E-state index is 0.217. The summed E-state index contributed by atoms with van der Waals surface area (Å²) < 4.78 is 19.6. The summed E-state index contributed by atoms with van der Waals surface area (Å²) >= 11 is 0. The number of hydrogen-bond acceptors (Lipinski definition) is 3. The van der Waals surface area contributed by atoms with Crippen molar-refractivity contribution < 1.29 is 13.9 Å². The summed E-state index contributed by atoms with van der Waals surface area (Å²) in [7, 11) is 0. The Kier molecular flexibility index (Phi) is 6.16. The predicted molar refractivity (Wildman–Crippen MR) is 102 cm³/mol. The summed E-state index contributed by atoms with van der Waals surface area (Å²) in [6.45, 7) is 2.96. The first-order valence-electron chi connectivity index (χ1n) is 9.97. The molecule has 0 bridgehead atoms. The number of rotatable bonds is 4. The maximum Gasteiger partial charge on any atom is 0.212 e. The van der Waals surface area contributed by atoms with Crippen LogP contribution in [0.25, 0.3) is 0 Å². The average molecular weight is 372 g/mol. The van der Waals surface area contributed by atoms with Gasteiger partial charge in [-0.15, -0.1) is 0 Å². The van der Waals surface area contributed by atoms with Crippen molar-refractivity contribution in [3.05, 3.63) is 35.4 Å². The highest BCUT2D eigenvalue weighted by Gasteiger charge is 2.47. The summed E-state index contributed by atoms with van der Waals surface area (Å²) in [5.74, 6) is 0.734. The van der Waals surface area contributed by atoms with Gasteiger partial charge in [0.1, 0.15) is 18.5 Å². The molecule has 146 valence electrons. The van der Waals surface area contributed by atoms with Gasteiger partial charge in [0, 0.05) is 5.92 Å². The van der Waals surface area contributed by atoms with E-state index < -0.39 is 24.5 Å². The van der Waals surface area contributed by atoms with E-state index in [1.807, 2.05) is 12.1 Å². The second-order valence-corrected chi connectivity index (χ2v) is 8.27. The number of carbonyl (C=O) groups excluding carboxylic acids is 1. The van der Waals surface area contributed by atoms with Gasteiger partial charge in [0.15, 0.2) is 0 Å². The fourth-order valence-corrected chi connectivity index (χ4v) is 4.58. The largest absolute Gasteiger partial charge is 0.346 e. The molecule has 2 atom stereocenters. The minimum Gasteiger partial charge on any atom is -0.346 e. The second-order valence-electron chi connectivity index (χ2n) is 8.27. The number of nitriles is 1. The summed E-state index contributed by atoms with van der Waals surface area (Å²) in [5.41, 5.74) is 1.41. The molecule has 3 rings (SSSR count). The number of hydrogen-bond donors (Lipinski definition) is 0. The first-order chi connectivity index (χ1) is 13.0. The molecule has 2 fully saturated rings. The highest BCUT2D eigenvalue weighted by atomic mass is 19.1. The highest BCUT2D eigenvalue weighted by Crippen LogP contribution is 2.41. The molecule has 0 radical (unpaired) electrons. The lowest BCUT2D eigenvalue weighted by Gasteiger charge is -2.28.